The number of nitrogens with one attached hydrogen (secondary N) is 4. The molecule has 0 spiro atoms. The number of aryl methyl sites for hydroxylation is 1. The Morgan fingerprint density at radius 2 is 1.71 bits per heavy atom. The molecule has 1 aromatic carbocycles. The molecular weight excluding hydrogens is 901 g/mol. The quantitative estimate of drug-likeness (QED) is 0.0782. The maximum absolute atomic E-state index is 14.2. The molecule has 0 bridgehead atoms. The predicted molar refractivity (Wildman–Crippen MR) is 260 cm³/mol. The van der Waals surface area contributed by atoms with Crippen LogP contribution in [-0.4, -0.2) is 101 Å². The van der Waals surface area contributed by atoms with Gasteiger partial charge in [-0.2, -0.15) is 10.4 Å². The fraction of sp³-hybridized carbons (Fsp3) is 0.429. The van der Waals surface area contributed by atoms with Crippen molar-refractivity contribution in [2.24, 2.45) is 5.41 Å². The molecule has 17 nitrogen and oxygen atoms in total. The van der Waals surface area contributed by atoms with Gasteiger partial charge in [-0.15, -0.1) is 21.5 Å². The van der Waals surface area contributed by atoms with Crippen molar-refractivity contribution in [3.05, 3.63) is 88.3 Å². The minimum atomic E-state index is -1.00. The number of hydrogen-bond donors (Lipinski definition) is 5. The standard InChI is InChI=1S/C49H56N12O5S2/c1-27(30-7-9-31(10-8-30)43-28(2)53-26-67-43)55-45(65)40-20-35(62)25-60(40)48(66)44(49(3,4)5)57-42(64)18-17-41(63)56-33-13-11-32(12-14-33)46-58-59-47(68-46)36-24-52-38(21-37(36)51-6)39-16-15-34-19-29(22-50)23-54-61(34)39/h7-10,15-16,19,21,23-24,26-27,32-33,35,40,44,62H,11-14,17-18,20,25H2,1-6H3,(H,51,52)(H,55,65)(H,56,63)(H,57,64)/t27-,32-,33+,35+,40-,44+/m0/s1. The molecule has 1 saturated carbocycles. The summed E-state index contributed by atoms with van der Waals surface area (Å²) in [6.45, 7) is 9.29. The van der Waals surface area contributed by atoms with Crippen LogP contribution in [0.3, 0.4) is 0 Å². The van der Waals surface area contributed by atoms with Crippen LogP contribution < -0.4 is 21.3 Å². The van der Waals surface area contributed by atoms with Crippen LogP contribution in [0.4, 0.5) is 5.69 Å². The number of fused-ring (bicyclic) bond motifs is 1. The Morgan fingerprint density at radius 3 is 2.40 bits per heavy atom. The van der Waals surface area contributed by atoms with Gasteiger partial charge in [-0.1, -0.05) is 56.4 Å². The number of thiazole rings is 1. The van der Waals surface area contributed by atoms with E-state index in [4.69, 9.17) is 4.98 Å². The molecule has 5 N–H and O–H groups in total. The average molecular weight is 957 g/mol. The van der Waals surface area contributed by atoms with Gasteiger partial charge >= 0.3 is 0 Å². The normalized spacial score (nSPS) is 19.2. The van der Waals surface area contributed by atoms with Gasteiger partial charge < -0.3 is 31.3 Å². The fourth-order valence-corrected chi connectivity index (χ4v) is 10.8. The second-order valence-electron chi connectivity index (χ2n) is 18.7. The number of carbonyl (C=O) groups excluding carboxylic acids is 4. The van der Waals surface area contributed by atoms with Crippen LogP contribution in [0.15, 0.2) is 66.4 Å². The highest BCUT2D eigenvalue weighted by atomic mass is 32.1. The van der Waals surface area contributed by atoms with Crippen molar-refractivity contribution in [3.63, 3.8) is 0 Å². The minimum Gasteiger partial charge on any atom is -0.391 e. The first kappa shape index (κ1) is 47.9. The van der Waals surface area contributed by atoms with Crippen molar-refractivity contribution < 1.29 is 24.3 Å². The first-order valence-corrected chi connectivity index (χ1v) is 24.6. The molecule has 354 valence electrons. The third kappa shape index (κ3) is 10.6. The third-order valence-corrected chi connectivity index (χ3v) is 14.9. The number of benzene rings is 1. The zero-order chi connectivity index (χ0) is 48.3. The number of β-amino-alcohol motifs (C(OH)–C–C–N with tert-alkyl or cyclic N) is 1. The third-order valence-electron chi connectivity index (χ3n) is 12.8. The molecule has 19 heteroatoms. The van der Waals surface area contributed by atoms with Gasteiger partial charge in [-0.05, 0) is 80.3 Å². The Morgan fingerprint density at radius 1 is 0.956 bits per heavy atom. The summed E-state index contributed by atoms with van der Waals surface area (Å²) in [4.78, 5) is 65.9. The van der Waals surface area contributed by atoms with Crippen molar-refractivity contribution in [2.75, 3.05) is 18.9 Å². The van der Waals surface area contributed by atoms with Gasteiger partial charge in [0, 0.05) is 56.7 Å². The van der Waals surface area contributed by atoms with Gasteiger partial charge in [0.25, 0.3) is 0 Å². The number of carbonyl (C=O) groups is 4. The van der Waals surface area contributed by atoms with Crippen molar-refractivity contribution in [3.8, 4) is 38.5 Å². The highest BCUT2D eigenvalue weighted by Crippen LogP contribution is 2.39. The van der Waals surface area contributed by atoms with Crippen LogP contribution in [0.2, 0.25) is 0 Å². The molecule has 4 amide bonds. The summed E-state index contributed by atoms with van der Waals surface area (Å²) in [5.74, 6) is -1.35. The zero-order valence-corrected chi connectivity index (χ0v) is 40.6. The van der Waals surface area contributed by atoms with E-state index in [9.17, 15) is 29.5 Å². The maximum atomic E-state index is 14.2. The average Bonchev–Trinajstić information content (AvgIpc) is 4.16. The molecule has 6 heterocycles. The lowest BCUT2D eigenvalue weighted by Gasteiger charge is -2.35. The van der Waals surface area contributed by atoms with Crippen LogP contribution in [0.25, 0.3) is 37.9 Å². The van der Waals surface area contributed by atoms with E-state index in [0.717, 1.165) is 79.9 Å². The highest BCUT2D eigenvalue weighted by Gasteiger charge is 2.45. The molecule has 2 aliphatic rings. The van der Waals surface area contributed by atoms with Crippen LogP contribution in [0, 0.1) is 23.7 Å². The van der Waals surface area contributed by atoms with Crippen LogP contribution >= 0.6 is 22.7 Å². The molecule has 1 aliphatic heterocycles. The predicted octanol–water partition coefficient (Wildman–Crippen LogP) is 6.55. The van der Waals surface area contributed by atoms with E-state index in [1.54, 1.807) is 28.1 Å². The minimum absolute atomic E-state index is 0.0387. The lowest BCUT2D eigenvalue weighted by molar-refractivity contribution is -0.144. The van der Waals surface area contributed by atoms with Gasteiger partial charge in [0.1, 0.15) is 23.2 Å². The zero-order valence-electron chi connectivity index (χ0n) is 38.9. The van der Waals surface area contributed by atoms with E-state index in [0.29, 0.717) is 11.3 Å². The van der Waals surface area contributed by atoms with Crippen molar-refractivity contribution in [1.82, 2.24) is 50.6 Å². The number of rotatable bonds is 14. The smallest absolute Gasteiger partial charge is 0.246 e. The number of likely N-dealkylation sites (tertiary alicyclic amines) is 1. The molecule has 5 aromatic heterocycles. The number of anilines is 1. The Bertz CT molecular complexity index is 2850. The number of pyridine rings is 1. The summed E-state index contributed by atoms with van der Waals surface area (Å²) in [6.07, 6.45) is 5.46. The Hall–Kier alpha value is -6.62. The van der Waals surface area contributed by atoms with E-state index in [-0.39, 0.29) is 55.6 Å². The second-order valence-corrected chi connectivity index (χ2v) is 20.6. The summed E-state index contributed by atoms with van der Waals surface area (Å²) in [6, 6.07) is 15.3. The number of aromatic nitrogens is 6. The van der Waals surface area contributed by atoms with Gasteiger partial charge in [0.05, 0.1) is 62.5 Å². The monoisotopic (exact) mass is 956 g/mol. The topological polar surface area (TPSA) is 233 Å². The van der Waals surface area contributed by atoms with E-state index < -0.39 is 35.4 Å². The maximum Gasteiger partial charge on any atom is 0.246 e. The molecule has 2 fully saturated rings. The van der Waals surface area contributed by atoms with Crippen molar-refractivity contribution in [2.45, 2.75) is 116 Å². The molecule has 6 aromatic rings. The van der Waals surface area contributed by atoms with Gasteiger partial charge in [0.15, 0.2) is 5.01 Å². The Balaban J connectivity index is 0.808. The number of nitrogens with zero attached hydrogens (tertiary/aromatic N) is 8. The summed E-state index contributed by atoms with van der Waals surface area (Å²) in [5.41, 5.74) is 8.43. The number of aliphatic hydroxyl groups is 1. The molecule has 0 unspecified atom stereocenters. The Kier molecular flexibility index (Phi) is 14.3. The number of hydrogen-bond acceptors (Lipinski definition) is 14. The SMILES string of the molecule is CNc1cc(-c2ccc3cc(C#N)cnn23)ncc1-c1nnc([C@H]2CC[C@@H](NC(=O)CCC(=O)N[C@H](C(=O)N3C[C@H](O)C[C@H]3C(=O)N[C@@H](C)c3ccc(-c4scnc4C)cc3)C(C)(C)C)CC2)s1. The molecule has 4 atom stereocenters. The first-order valence-electron chi connectivity index (χ1n) is 22.9. The van der Waals surface area contributed by atoms with Crippen LogP contribution in [0.1, 0.15) is 106 Å². The van der Waals surface area contributed by atoms with Gasteiger partial charge in [-0.3, -0.25) is 24.2 Å². The van der Waals surface area contributed by atoms with E-state index in [1.807, 2.05) is 89.6 Å². The van der Waals surface area contributed by atoms with Crippen LogP contribution in [-0.2, 0) is 19.2 Å². The lowest BCUT2D eigenvalue weighted by Crippen LogP contribution is -2.57. The summed E-state index contributed by atoms with van der Waals surface area (Å²) < 4.78 is 1.76. The summed E-state index contributed by atoms with van der Waals surface area (Å²) in [5, 5.41) is 47.4. The number of aliphatic hydroxyl groups excluding tert-OH is 1. The van der Waals surface area contributed by atoms with Crippen LogP contribution in [0.5, 0.6) is 0 Å². The number of amides is 4. The molecule has 68 heavy (non-hydrogen) atoms. The lowest BCUT2D eigenvalue weighted by atomic mass is 9.85. The molecule has 1 saturated heterocycles. The van der Waals surface area contributed by atoms with Crippen molar-refractivity contribution in [1.29, 1.82) is 5.26 Å². The van der Waals surface area contributed by atoms with Gasteiger partial charge in [-0.25, -0.2) is 9.50 Å². The summed E-state index contributed by atoms with van der Waals surface area (Å²) in [7, 11) is 1.85. The van der Waals surface area contributed by atoms with E-state index >= 15 is 0 Å². The molecule has 8 rings (SSSR count). The molecule has 0 radical (unpaired) electrons. The number of nitriles is 1. The Labute approximate surface area is 402 Å². The fourth-order valence-electron chi connectivity index (χ4n) is 9.00. The highest BCUT2D eigenvalue weighted by molar-refractivity contribution is 7.14. The first-order chi connectivity index (χ1) is 32.6. The van der Waals surface area contributed by atoms with E-state index in [1.165, 1.54) is 22.4 Å². The largest absolute Gasteiger partial charge is 0.391 e. The van der Waals surface area contributed by atoms with Gasteiger partial charge in [0.2, 0.25) is 23.6 Å². The second kappa shape index (κ2) is 20.3. The molecular formula is C49H56N12O5S2. The van der Waals surface area contributed by atoms with E-state index in [2.05, 4.69) is 47.6 Å². The van der Waals surface area contributed by atoms with Crippen molar-refractivity contribution >= 4 is 57.5 Å². The summed E-state index contributed by atoms with van der Waals surface area (Å²) >= 11 is 3.10. The molecule has 1 aliphatic carbocycles.